The third-order valence-electron chi connectivity index (χ3n) is 7.08. The van der Waals surface area contributed by atoms with E-state index in [4.69, 9.17) is 4.98 Å². The molecule has 4 bridgehead atoms. The lowest BCUT2D eigenvalue weighted by Gasteiger charge is -2.62. The van der Waals surface area contributed by atoms with Crippen LogP contribution in [-0.2, 0) is 18.1 Å². The number of aryl methyl sites for hydroxylation is 1. The fourth-order valence-corrected chi connectivity index (χ4v) is 6.60. The first kappa shape index (κ1) is 14.7. The first-order valence-corrected chi connectivity index (χ1v) is 9.54. The zero-order valence-corrected chi connectivity index (χ0v) is 15.0. The third-order valence-corrected chi connectivity index (χ3v) is 7.08. The molecule has 0 radical (unpaired) electrons. The van der Waals surface area contributed by atoms with Crippen molar-refractivity contribution < 1.29 is 0 Å². The molecule has 7 heteroatoms. The molecule has 7 rings (SSSR count). The molecule has 134 valence electrons. The summed E-state index contributed by atoms with van der Waals surface area (Å²) in [6.45, 7) is 0. The maximum atomic E-state index is 4.71. The number of nitrogens with zero attached hydrogens (tertiary/aromatic N) is 7. The Hall–Kier alpha value is -2.44. The van der Waals surface area contributed by atoms with Crippen LogP contribution < -0.4 is 0 Å². The minimum atomic E-state index is 0.115. The Morgan fingerprint density at radius 2 is 1.69 bits per heavy atom. The largest absolute Gasteiger partial charge is 0.331 e. The first-order valence-electron chi connectivity index (χ1n) is 9.54. The van der Waals surface area contributed by atoms with Crippen LogP contribution in [-0.4, -0.2) is 33.9 Å². The number of imidazole rings is 2. The van der Waals surface area contributed by atoms with E-state index in [-0.39, 0.29) is 11.1 Å². The Balaban J connectivity index is 1.50. The van der Waals surface area contributed by atoms with E-state index in [0.717, 1.165) is 29.9 Å². The van der Waals surface area contributed by atoms with Crippen molar-refractivity contribution in [3.8, 4) is 11.6 Å². The molecule has 3 heterocycles. The van der Waals surface area contributed by atoms with E-state index >= 15 is 0 Å². The first-order chi connectivity index (χ1) is 12.7. The Morgan fingerprint density at radius 1 is 0.962 bits per heavy atom. The van der Waals surface area contributed by atoms with Gasteiger partial charge in [0.1, 0.15) is 12.7 Å². The van der Waals surface area contributed by atoms with Gasteiger partial charge in [-0.3, -0.25) is 0 Å². The maximum Gasteiger partial charge on any atom is 0.176 e. The molecular weight excluding hydrogens is 326 g/mol. The molecule has 4 aliphatic carbocycles. The Morgan fingerprint density at radius 3 is 2.38 bits per heavy atom. The van der Waals surface area contributed by atoms with Crippen LogP contribution in [0.5, 0.6) is 0 Å². The molecule has 2 atom stereocenters. The van der Waals surface area contributed by atoms with Crippen LogP contribution in [0.4, 0.5) is 0 Å². The van der Waals surface area contributed by atoms with Crippen LogP contribution in [0.15, 0.2) is 37.4 Å². The van der Waals surface area contributed by atoms with E-state index < -0.39 is 0 Å². The van der Waals surface area contributed by atoms with E-state index in [9.17, 15) is 0 Å². The van der Waals surface area contributed by atoms with Crippen LogP contribution in [0.25, 0.3) is 11.6 Å². The van der Waals surface area contributed by atoms with E-state index in [0.29, 0.717) is 0 Å². The molecule has 3 aromatic rings. The van der Waals surface area contributed by atoms with Crippen molar-refractivity contribution in [1.29, 1.82) is 0 Å². The van der Waals surface area contributed by atoms with Gasteiger partial charge in [-0.2, -0.15) is 5.10 Å². The van der Waals surface area contributed by atoms with Crippen LogP contribution in [0.2, 0.25) is 0 Å². The summed E-state index contributed by atoms with van der Waals surface area (Å²) in [5.41, 5.74) is 0.234. The Labute approximate surface area is 152 Å². The highest BCUT2D eigenvalue weighted by Crippen LogP contribution is 2.63. The third kappa shape index (κ3) is 1.83. The van der Waals surface area contributed by atoms with Crippen molar-refractivity contribution in [2.45, 2.75) is 49.6 Å². The molecule has 26 heavy (non-hydrogen) atoms. The number of rotatable bonds is 3. The SMILES string of the molecule is Cn1ccnc1-c1nccn1C12CC3CC(CC(n4cncn4)(C3)C1)C2. The zero-order valence-electron chi connectivity index (χ0n) is 15.0. The number of hydrogen-bond acceptors (Lipinski definition) is 4. The molecule has 4 aliphatic rings. The lowest BCUT2D eigenvalue weighted by molar-refractivity contribution is -0.0969. The molecule has 0 spiro atoms. The van der Waals surface area contributed by atoms with Crippen molar-refractivity contribution in [2.24, 2.45) is 18.9 Å². The number of hydrogen-bond donors (Lipinski definition) is 0. The second kappa shape index (κ2) is 4.84. The highest BCUT2D eigenvalue weighted by atomic mass is 15.4. The standard InChI is InChI=1S/C19H23N7/c1-24-4-2-21-16(24)17-22-3-5-25(17)18-7-14-6-15(8-18)10-19(9-14,11-18)26-13-20-12-23-26/h2-5,12-15H,6-11H2,1H3. The van der Waals surface area contributed by atoms with E-state index in [1.54, 1.807) is 6.33 Å². The summed E-state index contributed by atoms with van der Waals surface area (Å²) in [6, 6.07) is 0. The summed E-state index contributed by atoms with van der Waals surface area (Å²) in [5.74, 6) is 3.46. The van der Waals surface area contributed by atoms with Crippen LogP contribution in [0.3, 0.4) is 0 Å². The van der Waals surface area contributed by atoms with Gasteiger partial charge in [0.05, 0.1) is 5.54 Å². The van der Waals surface area contributed by atoms with Gasteiger partial charge in [0.15, 0.2) is 11.6 Å². The van der Waals surface area contributed by atoms with Crippen LogP contribution in [0.1, 0.15) is 38.5 Å². The van der Waals surface area contributed by atoms with Gasteiger partial charge in [-0.25, -0.2) is 19.6 Å². The average Bonchev–Trinajstić information content (AvgIpc) is 3.35. The monoisotopic (exact) mass is 349 g/mol. The summed E-state index contributed by atoms with van der Waals surface area (Å²) < 4.78 is 6.67. The van der Waals surface area contributed by atoms with Crippen molar-refractivity contribution in [3.63, 3.8) is 0 Å². The quantitative estimate of drug-likeness (QED) is 0.729. The van der Waals surface area contributed by atoms with Gasteiger partial charge in [-0.15, -0.1) is 0 Å². The molecule has 2 unspecified atom stereocenters. The van der Waals surface area contributed by atoms with Crippen LogP contribution in [0, 0.1) is 11.8 Å². The van der Waals surface area contributed by atoms with E-state index in [2.05, 4.69) is 35.1 Å². The van der Waals surface area contributed by atoms with Gasteiger partial charge in [-0.05, 0) is 50.4 Å². The molecule has 4 saturated carbocycles. The average molecular weight is 349 g/mol. The maximum absolute atomic E-state index is 4.71. The van der Waals surface area contributed by atoms with Gasteiger partial charge in [-0.1, -0.05) is 0 Å². The topological polar surface area (TPSA) is 66.3 Å². The van der Waals surface area contributed by atoms with Gasteiger partial charge < -0.3 is 9.13 Å². The normalized spacial score (nSPS) is 35.3. The molecular formula is C19H23N7. The molecule has 0 saturated heterocycles. The molecule has 0 aliphatic heterocycles. The molecule has 4 fully saturated rings. The van der Waals surface area contributed by atoms with E-state index in [1.807, 2.05) is 32.0 Å². The predicted molar refractivity (Wildman–Crippen MR) is 95.1 cm³/mol. The second-order valence-corrected chi connectivity index (χ2v) is 8.73. The van der Waals surface area contributed by atoms with Crippen molar-refractivity contribution in [3.05, 3.63) is 37.4 Å². The van der Waals surface area contributed by atoms with Gasteiger partial charge in [0.2, 0.25) is 0 Å². The minimum Gasteiger partial charge on any atom is -0.331 e. The molecule has 3 aromatic heterocycles. The van der Waals surface area contributed by atoms with Crippen molar-refractivity contribution >= 4 is 0 Å². The zero-order chi connectivity index (χ0) is 17.4. The Bertz CT molecular complexity index is 936. The summed E-state index contributed by atoms with van der Waals surface area (Å²) >= 11 is 0. The fraction of sp³-hybridized carbons (Fsp3) is 0.579. The summed E-state index contributed by atoms with van der Waals surface area (Å²) in [5, 5.41) is 4.57. The lowest BCUT2D eigenvalue weighted by atomic mass is 9.49. The Kier molecular flexibility index (Phi) is 2.74. The molecule has 0 amide bonds. The highest BCUT2D eigenvalue weighted by molar-refractivity contribution is 5.46. The molecule has 0 N–H and O–H groups in total. The number of aromatic nitrogens is 7. The van der Waals surface area contributed by atoms with Crippen molar-refractivity contribution in [2.75, 3.05) is 0 Å². The highest BCUT2D eigenvalue weighted by Gasteiger charge is 2.60. The van der Waals surface area contributed by atoms with Crippen molar-refractivity contribution in [1.82, 2.24) is 33.9 Å². The second-order valence-electron chi connectivity index (χ2n) is 8.73. The van der Waals surface area contributed by atoms with Crippen LogP contribution >= 0.6 is 0 Å². The summed E-state index contributed by atoms with van der Waals surface area (Å²) in [4.78, 5) is 13.5. The van der Waals surface area contributed by atoms with Gasteiger partial charge >= 0.3 is 0 Å². The minimum absolute atomic E-state index is 0.115. The predicted octanol–water partition coefficient (Wildman–Crippen LogP) is 2.58. The smallest absolute Gasteiger partial charge is 0.176 e. The molecule has 7 nitrogen and oxygen atoms in total. The van der Waals surface area contributed by atoms with Gasteiger partial charge in [0.25, 0.3) is 0 Å². The fourth-order valence-electron chi connectivity index (χ4n) is 6.60. The summed E-state index contributed by atoms with van der Waals surface area (Å²) in [6.07, 6.45) is 19.0. The van der Waals surface area contributed by atoms with E-state index in [1.165, 1.54) is 32.1 Å². The molecule has 0 aromatic carbocycles. The summed E-state index contributed by atoms with van der Waals surface area (Å²) in [7, 11) is 2.04. The lowest BCUT2D eigenvalue weighted by Crippen LogP contribution is -2.60. The van der Waals surface area contributed by atoms with Gasteiger partial charge in [0, 0.05) is 37.4 Å².